The number of carbonyl (C=O) groups is 2. The van der Waals surface area contributed by atoms with Gasteiger partial charge in [0.1, 0.15) is 5.82 Å². The highest BCUT2D eigenvalue weighted by Crippen LogP contribution is 2.29. The number of hydrogen-bond donors (Lipinski definition) is 0. The highest BCUT2D eigenvalue weighted by Gasteiger charge is 2.38. The van der Waals surface area contributed by atoms with E-state index in [1.807, 2.05) is 11.5 Å². The van der Waals surface area contributed by atoms with Gasteiger partial charge in [-0.1, -0.05) is 19.3 Å². The molecule has 1 amide bonds. The predicted molar refractivity (Wildman–Crippen MR) is 126 cm³/mol. The average molecular weight is 491 g/mol. The summed E-state index contributed by atoms with van der Waals surface area (Å²) in [6, 6.07) is 7.29. The number of hydrogen-bond acceptors (Lipinski definition) is 5. The van der Waals surface area contributed by atoms with Crippen molar-refractivity contribution in [2.75, 3.05) is 18.1 Å². The Hall–Kier alpha value is -2.68. The van der Waals surface area contributed by atoms with Crippen LogP contribution in [0.25, 0.3) is 5.69 Å². The van der Waals surface area contributed by atoms with Crippen LogP contribution in [0.2, 0.25) is 0 Å². The molecule has 2 aliphatic rings. The van der Waals surface area contributed by atoms with E-state index in [9.17, 15) is 22.4 Å². The highest BCUT2D eigenvalue weighted by atomic mass is 32.2. The fourth-order valence-corrected chi connectivity index (χ4v) is 7.01. The Morgan fingerprint density at radius 1 is 1.06 bits per heavy atom. The Balaban J connectivity index is 1.48. The van der Waals surface area contributed by atoms with Gasteiger partial charge in [0.05, 0.1) is 17.1 Å². The number of esters is 1. The Morgan fingerprint density at radius 3 is 2.35 bits per heavy atom. The SMILES string of the molecule is Cc1cc(C(=O)OCC(=O)N(C2CCCCC2)C2CCS(=O)(=O)C2)c(C)n1-c1ccc(F)cc1. The highest BCUT2D eigenvalue weighted by molar-refractivity contribution is 7.91. The lowest BCUT2D eigenvalue weighted by atomic mass is 9.93. The summed E-state index contributed by atoms with van der Waals surface area (Å²) in [7, 11) is -3.15. The number of carbonyl (C=O) groups excluding carboxylic acids is 2. The van der Waals surface area contributed by atoms with Crippen LogP contribution in [0.15, 0.2) is 30.3 Å². The lowest BCUT2D eigenvalue weighted by molar-refractivity contribution is -0.140. The second-order valence-electron chi connectivity index (χ2n) is 9.32. The molecule has 1 aromatic heterocycles. The molecule has 4 rings (SSSR count). The van der Waals surface area contributed by atoms with Crippen molar-refractivity contribution in [3.8, 4) is 5.69 Å². The molecule has 1 saturated heterocycles. The lowest BCUT2D eigenvalue weighted by Gasteiger charge is -2.38. The minimum Gasteiger partial charge on any atom is -0.452 e. The number of benzene rings is 1. The van der Waals surface area contributed by atoms with Gasteiger partial charge in [-0.25, -0.2) is 17.6 Å². The maximum atomic E-state index is 13.3. The zero-order chi connectivity index (χ0) is 24.5. The summed E-state index contributed by atoms with van der Waals surface area (Å²) in [6.45, 7) is 3.18. The zero-order valence-corrected chi connectivity index (χ0v) is 20.4. The molecule has 0 N–H and O–H groups in total. The van der Waals surface area contributed by atoms with Crippen molar-refractivity contribution < 1.29 is 27.1 Å². The quantitative estimate of drug-likeness (QED) is 0.576. The molecule has 1 aliphatic heterocycles. The van der Waals surface area contributed by atoms with E-state index in [0.717, 1.165) is 43.5 Å². The normalized spacial score (nSPS) is 20.3. The summed E-state index contributed by atoms with van der Waals surface area (Å²) in [4.78, 5) is 27.8. The van der Waals surface area contributed by atoms with Crippen LogP contribution in [0, 0.1) is 19.7 Å². The van der Waals surface area contributed by atoms with Gasteiger partial charge >= 0.3 is 5.97 Å². The van der Waals surface area contributed by atoms with Gasteiger partial charge < -0.3 is 14.2 Å². The number of sulfone groups is 1. The van der Waals surface area contributed by atoms with Gasteiger partial charge in [-0.2, -0.15) is 0 Å². The van der Waals surface area contributed by atoms with Crippen molar-refractivity contribution in [1.82, 2.24) is 9.47 Å². The van der Waals surface area contributed by atoms with Crippen LogP contribution in [-0.2, 0) is 19.4 Å². The molecule has 1 atom stereocenters. The van der Waals surface area contributed by atoms with Gasteiger partial charge in [-0.15, -0.1) is 0 Å². The first-order valence-electron chi connectivity index (χ1n) is 11.8. The molecule has 7 nitrogen and oxygen atoms in total. The number of ether oxygens (including phenoxy) is 1. The molecule has 0 radical (unpaired) electrons. The minimum absolute atomic E-state index is 0.0122. The van der Waals surface area contributed by atoms with Crippen molar-refractivity contribution in [2.24, 2.45) is 0 Å². The van der Waals surface area contributed by atoms with Gasteiger partial charge in [-0.3, -0.25) is 4.79 Å². The largest absolute Gasteiger partial charge is 0.452 e. The van der Waals surface area contributed by atoms with Crippen LogP contribution in [0.3, 0.4) is 0 Å². The van der Waals surface area contributed by atoms with E-state index >= 15 is 0 Å². The summed E-state index contributed by atoms with van der Waals surface area (Å²) in [5.41, 5.74) is 2.47. The molecular weight excluding hydrogens is 459 g/mol. The molecule has 184 valence electrons. The molecule has 2 fully saturated rings. The number of halogens is 1. The van der Waals surface area contributed by atoms with Gasteiger partial charge in [0, 0.05) is 29.2 Å². The van der Waals surface area contributed by atoms with E-state index in [2.05, 4.69) is 0 Å². The lowest BCUT2D eigenvalue weighted by Crippen LogP contribution is -2.50. The first kappa shape index (κ1) is 24.4. The second-order valence-corrected chi connectivity index (χ2v) is 11.6. The topological polar surface area (TPSA) is 85.7 Å². The Labute approximate surface area is 199 Å². The maximum Gasteiger partial charge on any atom is 0.340 e. The summed E-state index contributed by atoms with van der Waals surface area (Å²) >= 11 is 0. The van der Waals surface area contributed by atoms with E-state index in [1.54, 1.807) is 30.0 Å². The number of aryl methyl sites for hydroxylation is 1. The molecule has 1 saturated carbocycles. The van der Waals surface area contributed by atoms with Crippen molar-refractivity contribution in [2.45, 2.75) is 64.5 Å². The standard InChI is InChI=1S/C25H31FN2O5S/c1-17-14-23(18(2)27(17)21-10-8-19(26)9-11-21)25(30)33-15-24(29)28(20-6-4-3-5-7-20)22-12-13-34(31,32)16-22/h8-11,14,20,22H,3-7,12-13,15-16H2,1-2H3. The van der Waals surface area contributed by atoms with E-state index in [1.165, 1.54) is 12.1 Å². The van der Waals surface area contributed by atoms with Gasteiger partial charge in [-0.05, 0) is 63.4 Å². The summed E-state index contributed by atoms with van der Waals surface area (Å²) < 4.78 is 44.7. The predicted octanol–water partition coefficient (Wildman–Crippen LogP) is 3.74. The first-order valence-corrected chi connectivity index (χ1v) is 13.6. The van der Waals surface area contributed by atoms with Gasteiger partial charge in [0.15, 0.2) is 16.4 Å². The van der Waals surface area contributed by atoms with Gasteiger partial charge in [0.2, 0.25) is 0 Å². The van der Waals surface area contributed by atoms with E-state index in [-0.39, 0.29) is 35.3 Å². The number of rotatable bonds is 6. The van der Waals surface area contributed by atoms with E-state index < -0.39 is 22.4 Å². The van der Waals surface area contributed by atoms with Crippen LogP contribution in [0.4, 0.5) is 4.39 Å². The van der Waals surface area contributed by atoms with Crippen molar-refractivity contribution >= 4 is 21.7 Å². The smallest absolute Gasteiger partial charge is 0.340 e. The third-order valence-corrected chi connectivity index (χ3v) is 8.67. The molecule has 9 heteroatoms. The van der Waals surface area contributed by atoms with Crippen LogP contribution in [-0.4, -0.2) is 60.0 Å². The Morgan fingerprint density at radius 2 is 1.74 bits per heavy atom. The molecule has 0 spiro atoms. The average Bonchev–Trinajstić information content (AvgIpc) is 3.31. The molecule has 2 aromatic rings. The van der Waals surface area contributed by atoms with Crippen molar-refractivity contribution in [3.05, 3.63) is 53.1 Å². The van der Waals surface area contributed by atoms with Crippen LogP contribution in [0.5, 0.6) is 0 Å². The zero-order valence-electron chi connectivity index (χ0n) is 19.6. The molecule has 1 aromatic carbocycles. The maximum absolute atomic E-state index is 13.3. The molecule has 1 aliphatic carbocycles. The molecular formula is C25H31FN2O5S. The Bertz CT molecular complexity index is 1170. The van der Waals surface area contributed by atoms with E-state index in [0.29, 0.717) is 17.7 Å². The van der Waals surface area contributed by atoms with Crippen LogP contribution in [0.1, 0.15) is 60.3 Å². The van der Waals surface area contributed by atoms with Crippen molar-refractivity contribution in [3.63, 3.8) is 0 Å². The third kappa shape index (κ3) is 5.19. The summed E-state index contributed by atoms with van der Waals surface area (Å²) in [5, 5.41) is 0. The van der Waals surface area contributed by atoms with Gasteiger partial charge in [0.25, 0.3) is 5.91 Å². The molecule has 2 heterocycles. The monoisotopic (exact) mass is 490 g/mol. The third-order valence-electron chi connectivity index (χ3n) is 6.92. The van der Waals surface area contributed by atoms with Crippen molar-refractivity contribution in [1.29, 1.82) is 0 Å². The summed E-state index contributed by atoms with van der Waals surface area (Å²) in [6.07, 6.45) is 5.23. The fourth-order valence-electron chi connectivity index (χ4n) is 5.30. The number of nitrogens with zero attached hydrogens (tertiary/aromatic N) is 2. The number of aromatic nitrogens is 1. The minimum atomic E-state index is -3.15. The second kappa shape index (κ2) is 9.90. The molecule has 0 bridgehead atoms. The summed E-state index contributed by atoms with van der Waals surface area (Å²) in [5.74, 6) is -1.24. The molecule has 1 unspecified atom stereocenters. The molecule has 34 heavy (non-hydrogen) atoms. The first-order chi connectivity index (χ1) is 16.2. The van der Waals surface area contributed by atoms with Crippen LogP contribution >= 0.6 is 0 Å². The number of amides is 1. The fraction of sp³-hybridized carbons (Fsp3) is 0.520. The van der Waals surface area contributed by atoms with Crippen LogP contribution < -0.4 is 0 Å². The van der Waals surface area contributed by atoms with E-state index in [4.69, 9.17) is 4.74 Å². The Kier molecular flexibility index (Phi) is 7.12.